The number of pyridine rings is 2. The Hall–Kier alpha value is -1.97. The van der Waals surface area contributed by atoms with Crippen molar-refractivity contribution in [1.29, 1.82) is 0 Å². The van der Waals surface area contributed by atoms with Gasteiger partial charge in [0, 0.05) is 70.5 Å². The van der Waals surface area contributed by atoms with Crippen LogP contribution in [0.1, 0.15) is 17.1 Å². The number of aromatic nitrogens is 5. The SMILES string of the molecule is O=C(O)CN1CCN2CCN(CC(=O)O)CCN(CC1)Cc1cccc(n1)-c1cnnn1Cc1cc(Cl)cc(n1)C2.[176Yb+3]. The molecule has 2 N–H and O–H groups in total. The van der Waals surface area contributed by atoms with E-state index >= 15 is 0 Å². The molecule has 0 spiro atoms. The number of hydrogen-bond donors (Lipinski definition) is 2. The van der Waals surface area contributed by atoms with Crippen molar-refractivity contribution in [2.24, 2.45) is 0 Å². The van der Waals surface area contributed by atoms with E-state index in [1.165, 1.54) is 0 Å². The van der Waals surface area contributed by atoms with E-state index in [0.29, 0.717) is 77.0 Å². The summed E-state index contributed by atoms with van der Waals surface area (Å²) >= 11 is 6.53. The first kappa shape index (κ1) is 32.9. The first-order chi connectivity index (χ1) is 19.8. The van der Waals surface area contributed by atoms with Crippen molar-refractivity contribution in [3.63, 3.8) is 0 Å². The van der Waals surface area contributed by atoms with Crippen LogP contribution >= 0.6 is 11.6 Å². The molecular weight excluding hydrogens is 726 g/mol. The van der Waals surface area contributed by atoms with E-state index in [-0.39, 0.29) is 60.0 Å². The molecule has 1 radical (unpaired) electrons. The largest absolute Gasteiger partial charge is 3.00 e. The van der Waals surface area contributed by atoms with Gasteiger partial charge in [0.05, 0.1) is 48.6 Å². The molecule has 3 aromatic rings. The molecule has 0 amide bonds. The Kier molecular flexibility index (Phi) is 12.3. The van der Waals surface area contributed by atoms with Gasteiger partial charge in [0.15, 0.2) is 0 Å². The van der Waals surface area contributed by atoms with E-state index in [4.69, 9.17) is 21.6 Å². The number of hydrogen-bond acceptors (Lipinski definition) is 10. The van der Waals surface area contributed by atoms with Crippen molar-refractivity contribution >= 4 is 23.5 Å². The van der Waals surface area contributed by atoms with E-state index in [0.717, 1.165) is 28.5 Å². The number of nitrogens with zero attached hydrogens (tertiary/aromatic N) is 9. The summed E-state index contributed by atoms with van der Waals surface area (Å²) in [7, 11) is 0. The zero-order valence-electron chi connectivity index (χ0n) is 23.0. The minimum Gasteiger partial charge on any atom is -0.480 e. The van der Waals surface area contributed by atoms with Crippen LogP contribution in [-0.2, 0) is 29.2 Å². The predicted molar refractivity (Wildman–Crippen MR) is 150 cm³/mol. The number of aliphatic carboxylic acids is 2. The van der Waals surface area contributed by atoms with Crippen LogP contribution < -0.4 is 0 Å². The number of fused-ring (bicyclic) bond motifs is 8. The summed E-state index contributed by atoms with van der Waals surface area (Å²) in [5, 5.41) is 28.1. The molecule has 229 valence electrons. The Morgan fingerprint density at radius 1 is 0.762 bits per heavy atom. The molecule has 0 aromatic carbocycles. The van der Waals surface area contributed by atoms with E-state index in [2.05, 4.69) is 20.1 Å². The van der Waals surface area contributed by atoms with Crippen LogP contribution in [0.4, 0.5) is 0 Å². The topological polar surface area (TPSA) is 144 Å². The molecule has 0 atom stereocenters. The molecule has 42 heavy (non-hydrogen) atoms. The first-order valence-corrected chi connectivity index (χ1v) is 14.0. The molecule has 3 aliphatic heterocycles. The Morgan fingerprint density at radius 3 is 1.88 bits per heavy atom. The van der Waals surface area contributed by atoms with Crippen molar-refractivity contribution in [3.05, 3.63) is 58.6 Å². The molecule has 13 nitrogen and oxygen atoms in total. The van der Waals surface area contributed by atoms with E-state index in [1.54, 1.807) is 10.9 Å². The minimum absolute atomic E-state index is 0. The summed E-state index contributed by atoms with van der Waals surface area (Å²) < 4.78 is 1.77. The average molecular weight is 760 g/mol. The van der Waals surface area contributed by atoms with Crippen molar-refractivity contribution in [3.8, 4) is 11.4 Å². The van der Waals surface area contributed by atoms with Gasteiger partial charge in [-0.2, -0.15) is 0 Å². The number of carboxylic acids is 2. The molecule has 0 saturated carbocycles. The van der Waals surface area contributed by atoms with Crippen LogP contribution in [0.5, 0.6) is 0 Å². The Labute approximate surface area is 287 Å². The molecule has 6 rings (SSSR count). The van der Waals surface area contributed by atoms with Crippen LogP contribution in [-0.4, -0.2) is 132 Å². The molecule has 0 aliphatic carbocycles. The van der Waals surface area contributed by atoms with Crippen molar-refractivity contribution in [2.45, 2.75) is 19.6 Å². The second kappa shape index (κ2) is 15.7. The summed E-state index contributed by atoms with van der Waals surface area (Å²) in [5.41, 5.74) is 3.81. The van der Waals surface area contributed by atoms with Crippen molar-refractivity contribution in [1.82, 2.24) is 44.6 Å². The third kappa shape index (κ3) is 9.51. The number of halogens is 1. The molecule has 1 fully saturated rings. The van der Waals surface area contributed by atoms with E-state index in [1.807, 2.05) is 40.1 Å². The second-order valence-electron chi connectivity index (χ2n) is 10.5. The molecular formula is C27H34ClN9O4Yb+3. The molecule has 1 saturated heterocycles. The molecule has 15 heteroatoms. The summed E-state index contributed by atoms with van der Waals surface area (Å²) in [4.78, 5) is 41.4. The molecule has 0 unspecified atom stereocenters. The van der Waals surface area contributed by atoms with Gasteiger partial charge in [0.2, 0.25) is 0 Å². The summed E-state index contributed by atoms with van der Waals surface area (Å²) in [6.07, 6.45) is 1.68. The zero-order valence-corrected chi connectivity index (χ0v) is 25.5. The van der Waals surface area contributed by atoms with Gasteiger partial charge in [-0.25, -0.2) is 9.67 Å². The zero-order chi connectivity index (χ0) is 28.8. The predicted octanol–water partition coefficient (Wildman–Crippen LogP) is 0.841. The maximum Gasteiger partial charge on any atom is 3.00 e. The molecule has 6 heterocycles. The van der Waals surface area contributed by atoms with Crippen molar-refractivity contribution < 1.29 is 66.7 Å². The van der Waals surface area contributed by atoms with Crippen LogP contribution in [0.2, 0.25) is 5.02 Å². The van der Waals surface area contributed by atoms with Gasteiger partial charge in [0.25, 0.3) is 0 Å². The third-order valence-corrected chi connectivity index (χ3v) is 7.53. The maximum atomic E-state index is 11.7. The van der Waals surface area contributed by atoms with Gasteiger partial charge in [-0.1, -0.05) is 22.9 Å². The summed E-state index contributed by atoms with van der Waals surface area (Å²) in [6.45, 7) is 5.85. The van der Waals surface area contributed by atoms with Crippen LogP contribution in [0.15, 0.2) is 36.5 Å². The minimum atomic E-state index is -0.870. The van der Waals surface area contributed by atoms with Gasteiger partial charge >= 0.3 is 58.9 Å². The van der Waals surface area contributed by atoms with Gasteiger partial charge in [-0.15, -0.1) is 5.10 Å². The molecule has 3 aliphatic rings. The smallest absolute Gasteiger partial charge is 0.480 e. The quantitative estimate of drug-likeness (QED) is 0.389. The van der Waals surface area contributed by atoms with Crippen molar-refractivity contribution in [2.75, 3.05) is 65.4 Å². The van der Waals surface area contributed by atoms with Gasteiger partial charge in [-0.3, -0.25) is 34.2 Å². The summed E-state index contributed by atoms with van der Waals surface area (Å²) in [6, 6.07) is 9.45. The molecule has 6 bridgehead atoms. The Morgan fingerprint density at radius 2 is 1.31 bits per heavy atom. The van der Waals surface area contributed by atoms with Crippen LogP contribution in [0, 0.1) is 46.9 Å². The van der Waals surface area contributed by atoms with Gasteiger partial charge in [0.1, 0.15) is 5.69 Å². The number of carboxylic acid groups (broad SMARTS) is 2. The fraction of sp³-hybridized carbons (Fsp3) is 0.481. The second-order valence-corrected chi connectivity index (χ2v) is 10.9. The summed E-state index contributed by atoms with van der Waals surface area (Å²) in [5.74, 6) is -1.74. The number of rotatable bonds is 4. The normalized spacial score (nSPS) is 20.6. The monoisotopic (exact) mass is 759 g/mol. The first-order valence-electron chi connectivity index (χ1n) is 13.6. The average Bonchev–Trinajstić information content (AvgIpc) is 3.37. The van der Waals surface area contributed by atoms with Crippen LogP contribution in [0.3, 0.4) is 0 Å². The van der Waals surface area contributed by atoms with E-state index < -0.39 is 11.9 Å². The Balaban J connectivity index is 0.00000405. The fourth-order valence-corrected chi connectivity index (χ4v) is 5.51. The van der Waals surface area contributed by atoms with E-state index in [9.17, 15) is 19.8 Å². The van der Waals surface area contributed by atoms with Gasteiger partial charge in [-0.05, 0) is 24.3 Å². The fourth-order valence-electron chi connectivity index (χ4n) is 5.26. The van der Waals surface area contributed by atoms with Crippen LogP contribution in [0.25, 0.3) is 11.4 Å². The van der Waals surface area contributed by atoms with Gasteiger partial charge < -0.3 is 10.2 Å². The third-order valence-electron chi connectivity index (χ3n) is 7.31. The Bertz CT molecular complexity index is 1340. The maximum absolute atomic E-state index is 11.7. The number of carbonyl (C=O) groups is 2. The molecule has 3 aromatic heterocycles. The standard InChI is InChI=1S/C27H34ClN9O4.Yb/c28-20-12-22-16-34-6-10-35(18-26(38)39)8-4-33(5-9-36(11-7-34)19-27(40)41)15-21-2-1-3-24(31-21)25-14-29-32-37(25)17-23(13-20)30-22;/h1-3,12-14H,4-11,15-19H2,(H,38,39)(H,40,41);/q;+3/i;1+3.